The quantitative estimate of drug-likeness (QED) is 0.795. The molecule has 1 aliphatic carbocycles. The van der Waals surface area contributed by atoms with Crippen molar-refractivity contribution < 1.29 is 4.52 Å². The van der Waals surface area contributed by atoms with Crippen molar-refractivity contribution in [3.63, 3.8) is 0 Å². The van der Waals surface area contributed by atoms with Crippen LogP contribution in [0.2, 0.25) is 0 Å². The number of hydrogen-bond donors (Lipinski definition) is 1. The Morgan fingerprint density at radius 1 is 1.33 bits per heavy atom. The second-order valence-corrected chi connectivity index (χ2v) is 6.74. The molecule has 1 heterocycles. The Kier molecular flexibility index (Phi) is 4.60. The smallest absolute Gasteiger partial charge is 0.228 e. The van der Waals surface area contributed by atoms with Crippen LogP contribution in [0, 0.1) is 5.92 Å². The molecule has 1 aromatic carbocycles. The van der Waals surface area contributed by atoms with E-state index in [2.05, 4.69) is 46.6 Å². The number of nitrogens with zero attached hydrogens (tertiary/aromatic N) is 2. The summed E-state index contributed by atoms with van der Waals surface area (Å²) in [5.74, 6) is 3.26. The highest BCUT2D eigenvalue weighted by atomic mass is 32.2. The number of rotatable bonds is 7. The first kappa shape index (κ1) is 14.6. The van der Waals surface area contributed by atoms with E-state index in [-0.39, 0.29) is 0 Å². The van der Waals surface area contributed by atoms with E-state index >= 15 is 0 Å². The number of hydrogen-bond acceptors (Lipinski definition) is 5. The van der Waals surface area contributed by atoms with Gasteiger partial charge in [0.15, 0.2) is 0 Å². The Morgan fingerprint density at radius 2 is 2.10 bits per heavy atom. The van der Waals surface area contributed by atoms with Crippen LogP contribution in [-0.2, 0) is 6.42 Å². The average molecular weight is 303 g/mol. The van der Waals surface area contributed by atoms with Crippen molar-refractivity contribution in [2.75, 3.05) is 12.8 Å². The molecule has 0 spiro atoms. The van der Waals surface area contributed by atoms with Gasteiger partial charge < -0.3 is 9.84 Å². The van der Waals surface area contributed by atoms with Crippen LogP contribution in [0.3, 0.4) is 0 Å². The van der Waals surface area contributed by atoms with E-state index in [1.165, 1.54) is 17.7 Å². The molecule has 1 unspecified atom stereocenters. The molecule has 1 atom stereocenters. The van der Waals surface area contributed by atoms with Gasteiger partial charge in [0.25, 0.3) is 0 Å². The Hall–Kier alpha value is -1.33. The van der Waals surface area contributed by atoms with Crippen LogP contribution in [0.1, 0.15) is 25.7 Å². The Labute approximate surface area is 129 Å². The zero-order valence-electron chi connectivity index (χ0n) is 12.5. The van der Waals surface area contributed by atoms with Crippen molar-refractivity contribution in [3.05, 3.63) is 30.2 Å². The van der Waals surface area contributed by atoms with Gasteiger partial charge in [-0.05, 0) is 55.8 Å². The number of benzene rings is 1. The van der Waals surface area contributed by atoms with Gasteiger partial charge in [0.05, 0.1) is 0 Å². The zero-order valence-corrected chi connectivity index (χ0v) is 13.3. The van der Waals surface area contributed by atoms with Crippen LogP contribution in [0.25, 0.3) is 11.4 Å². The first-order chi connectivity index (χ1) is 10.3. The summed E-state index contributed by atoms with van der Waals surface area (Å²) >= 11 is 1.83. The largest absolute Gasteiger partial charge is 0.339 e. The minimum absolute atomic E-state index is 0.460. The van der Waals surface area contributed by atoms with Crippen LogP contribution in [-0.4, -0.2) is 29.0 Å². The first-order valence-electron chi connectivity index (χ1n) is 7.53. The lowest BCUT2D eigenvalue weighted by molar-refractivity contribution is 0.352. The summed E-state index contributed by atoms with van der Waals surface area (Å²) in [7, 11) is 2.00. The predicted octanol–water partition coefficient (Wildman–Crippen LogP) is 3.39. The predicted molar refractivity (Wildman–Crippen MR) is 85.4 cm³/mol. The summed E-state index contributed by atoms with van der Waals surface area (Å²) in [5, 5.41) is 7.46. The number of nitrogens with one attached hydrogen (secondary N) is 1. The van der Waals surface area contributed by atoms with Crippen molar-refractivity contribution in [1.82, 2.24) is 15.5 Å². The number of aromatic nitrogens is 2. The average Bonchev–Trinajstić information content (AvgIpc) is 3.25. The minimum atomic E-state index is 0.460. The lowest BCUT2D eigenvalue weighted by Crippen LogP contribution is -2.29. The maximum atomic E-state index is 5.40. The summed E-state index contributed by atoms with van der Waals surface area (Å²) in [5.41, 5.74) is 1.01. The van der Waals surface area contributed by atoms with E-state index in [4.69, 9.17) is 4.52 Å². The van der Waals surface area contributed by atoms with Crippen molar-refractivity contribution in [3.8, 4) is 11.4 Å². The molecule has 0 saturated heterocycles. The van der Waals surface area contributed by atoms with E-state index in [0.717, 1.165) is 29.5 Å². The lowest BCUT2D eigenvalue weighted by atomic mass is 10.1. The van der Waals surface area contributed by atoms with Gasteiger partial charge in [0, 0.05) is 22.9 Å². The molecule has 2 aromatic rings. The maximum absolute atomic E-state index is 5.40. The Bertz CT molecular complexity index is 577. The highest BCUT2D eigenvalue weighted by Gasteiger charge is 2.31. The van der Waals surface area contributed by atoms with Crippen molar-refractivity contribution in [2.45, 2.75) is 37.1 Å². The van der Waals surface area contributed by atoms with Crippen LogP contribution in [0.5, 0.6) is 0 Å². The fraction of sp³-hybridized carbons (Fsp3) is 0.500. The summed E-state index contributed by atoms with van der Waals surface area (Å²) < 4.78 is 5.40. The lowest BCUT2D eigenvalue weighted by Gasteiger charge is -2.11. The third-order valence-electron chi connectivity index (χ3n) is 3.85. The summed E-state index contributed by atoms with van der Waals surface area (Å²) in [6, 6.07) is 8.80. The highest BCUT2D eigenvalue weighted by Crippen LogP contribution is 2.34. The zero-order chi connectivity index (χ0) is 14.7. The monoisotopic (exact) mass is 303 g/mol. The van der Waals surface area contributed by atoms with E-state index in [1.807, 2.05) is 18.8 Å². The molecule has 112 valence electrons. The fourth-order valence-electron chi connectivity index (χ4n) is 2.51. The van der Waals surface area contributed by atoms with Crippen molar-refractivity contribution in [1.29, 1.82) is 0 Å². The summed E-state index contributed by atoms with van der Waals surface area (Å²) in [4.78, 5) is 5.80. The topological polar surface area (TPSA) is 51.0 Å². The van der Waals surface area contributed by atoms with Crippen LogP contribution >= 0.6 is 11.8 Å². The molecule has 0 aliphatic heterocycles. The maximum Gasteiger partial charge on any atom is 0.228 e. The first-order valence-corrected chi connectivity index (χ1v) is 8.51. The molecular weight excluding hydrogens is 282 g/mol. The standard InChI is InChI=1S/C16H21N3OS/c1-3-21-13-8-6-12(7-9-13)16-18-15(20-19-16)10-14(17-2)11-4-5-11/h6-9,11,14,17H,3-5,10H2,1-2H3. The fourth-order valence-corrected chi connectivity index (χ4v) is 3.17. The molecule has 0 amide bonds. The number of thioether (sulfide) groups is 1. The third kappa shape index (κ3) is 3.66. The van der Waals surface area contributed by atoms with Gasteiger partial charge in [-0.2, -0.15) is 4.98 Å². The molecule has 1 fully saturated rings. The molecule has 3 rings (SSSR count). The second kappa shape index (κ2) is 6.62. The molecule has 4 nitrogen and oxygen atoms in total. The minimum Gasteiger partial charge on any atom is -0.339 e. The molecule has 1 aromatic heterocycles. The second-order valence-electron chi connectivity index (χ2n) is 5.41. The summed E-state index contributed by atoms with van der Waals surface area (Å²) in [6.45, 7) is 2.15. The molecule has 5 heteroatoms. The van der Waals surface area contributed by atoms with Crippen molar-refractivity contribution >= 4 is 11.8 Å². The van der Waals surface area contributed by atoms with Gasteiger partial charge >= 0.3 is 0 Å². The van der Waals surface area contributed by atoms with E-state index < -0.39 is 0 Å². The molecule has 1 saturated carbocycles. The molecule has 21 heavy (non-hydrogen) atoms. The van der Waals surface area contributed by atoms with Crippen molar-refractivity contribution in [2.24, 2.45) is 5.92 Å². The van der Waals surface area contributed by atoms with E-state index in [0.29, 0.717) is 11.9 Å². The number of likely N-dealkylation sites (N-methyl/N-ethyl adjacent to an activating group) is 1. The third-order valence-corrected chi connectivity index (χ3v) is 4.74. The van der Waals surface area contributed by atoms with Gasteiger partial charge in [-0.15, -0.1) is 11.8 Å². The van der Waals surface area contributed by atoms with Gasteiger partial charge in [-0.25, -0.2) is 0 Å². The van der Waals surface area contributed by atoms with E-state index in [9.17, 15) is 0 Å². The van der Waals surface area contributed by atoms with Gasteiger partial charge in [0.1, 0.15) is 0 Å². The van der Waals surface area contributed by atoms with E-state index in [1.54, 1.807) is 0 Å². The molecular formula is C16H21N3OS. The van der Waals surface area contributed by atoms with Gasteiger partial charge in [-0.3, -0.25) is 0 Å². The van der Waals surface area contributed by atoms with Crippen LogP contribution in [0.4, 0.5) is 0 Å². The molecule has 0 bridgehead atoms. The SMILES string of the molecule is CCSc1ccc(-c2noc(CC(NC)C3CC3)n2)cc1. The molecule has 0 radical (unpaired) electrons. The van der Waals surface area contributed by atoms with Crippen LogP contribution in [0.15, 0.2) is 33.7 Å². The van der Waals surface area contributed by atoms with Gasteiger partial charge in [0.2, 0.25) is 11.7 Å². The highest BCUT2D eigenvalue weighted by molar-refractivity contribution is 7.99. The Balaban J connectivity index is 1.68. The van der Waals surface area contributed by atoms with Crippen LogP contribution < -0.4 is 5.32 Å². The molecule has 1 N–H and O–H groups in total. The Morgan fingerprint density at radius 3 is 2.71 bits per heavy atom. The van der Waals surface area contributed by atoms with Gasteiger partial charge in [-0.1, -0.05) is 12.1 Å². The normalized spacial score (nSPS) is 16.1. The molecule has 1 aliphatic rings. The summed E-state index contributed by atoms with van der Waals surface area (Å²) in [6.07, 6.45) is 3.43.